The number of alkyl halides is 6. The Morgan fingerprint density at radius 1 is 1.00 bits per heavy atom. The van der Waals surface area contributed by atoms with Gasteiger partial charge in [-0.3, -0.25) is 0 Å². The number of esters is 1. The third-order valence-corrected chi connectivity index (χ3v) is 4.43. The molecule has 2 aromatic heterocycles. The summed E-state index contributed by atoms with van der Waals surface area (Å²) in [6, 6.07) is 4.04. The second-order valence-electron chi connectivity index (χ2n) is 7.43. The first-order valence-electron chi connectivity index (χ1n) is 9.92. The molecule has 3 rings (SSSR count). The van der Waals surface area contributed by atoms with Crippen LogP contribution in [0.25, 0.3) is 23.2 Å². The Balaban J connectivity index is 2.07. The smallest absolute Gasteiger partial charge is 0.416 e. The molecule has 0 radical (unpaired) electrons. The van der Waals surface area contributed by atoms with Crippen molar-refractivity contribution in [2.75, 3.05) is 7.11 Å². The molecule has 3 aromatic rings. The van der Waals surface area contributed by atoms with E-state index in [-0.39, 0.29) is 17.5 Å². The fourth-order valence-electron chi connectivity index (χ4n) is 2.87. The van der Waals surface area contributed by atoms with Gasteiger partial charge >= 0.3 is 18.3 Å². The predicted molar refractivity (Wildman–Crippen MR) is 112 cm³/mol. The maximum atomic E-state index is 13.2. The SMILES string of the molecule is COc1ccc(/C(=C\n2cnc(-c3cc(C(F)(F)F)cc(C(F)(F)F)c3)n2)C(=O)OC(C)C)cn1. The topological polar surface area (TPSA) is 79.1 Å². The average molecular weight is 500 g/mol. The van der Waals surface area contributed by atoms with Gasteiger partial charge in [0.2, 0.25) is 5.88 Å². The van der Waals surface area contributed by atoms with Crippen LogP contribution in [0.4, 0.5) is 26.3 Å². The van der Waals surface area contributed by atoms with Crippen LogP contribution in [-0.4, -0.2) is 38.9 Å². The van der Waals surface area contributed by atoms with E-state index in [0.29, 0.717) is 17.7 Å². The van der Waals surface area contributed by atoms with Crippen LogP contribution >= 0.6 is 0 Å². The summed E-state index contributed by atoms with van der Waals surface area (Å²) in [5.74, 6) is -0.900. The Morgan fingerprint density at radius 3 is 2.11 bits per heavy atom. The highest BCUT2D eigenvalue weighted by molar-refractivity contribution is 6.20. The number of nitrogens with zero attached hydrogens (tertiary/aromatic N) is 4. The molecule has 0 fully saturated rings. The number of hydrogen-bond acceptors (Lipinski definition) is 6. The lowest BCUT2D eigenvalue weighted by Gasteiger charge is -2.13. The molecule has 0 saturated carbocycles. The van der Waals surface area contributed by atoms with Crippen molar-refractivity contribution in [3.63, 3.8) is 0 Å². The lowest BCUT2D eigenvalue weighted by molar-refractivity contribution is -0.143. The van der Waals surface area contributed by atoms with Gasteiger partial charge in [0.15, 0.2) is 5.82 Å². The van der Waals surface area contributed by atoms with Crippen LogP contribution < -0.4 is 4.74 Å². The van der Waals surface area contributed by atoms with Crippen LogP contribution in [0.1, 0.15) is 30.5 Å². The number of aromatic nitrogens is 4. The highest BCUT2D eigenvalue weighted by atomic mass is 19.4. The molecule has 35 heavy (non-hydrogen) atoms. The normalized spacial score (nSPS) is 12.7. The van der Waals surface area contributed by atoms with Gasteiger partial charge in [-0.2, -0.15) is 26.3 Å². The molecule has 0 aliphatic carbocycles. The molecule has 0 aliphatic heterocycles. The van der Waals surface area contributed by atoms with Gasteiger partial charge in [0.1, 0.15) is 6.33 Å². The fraction of sp³-hybridized carbons (Fsp3) is 0.273. The number of ether oxygens (including phenoxy) is 2. The Hall–Kier alpha value is -3.90. The van der Waals surface area contributed by atoms with Crippen molar-refractivity contribution in [3.8, 4) is 17.3 Å². The van der Waals surface area contributed by atoms with Crippen molar-refractivity contribution in [2.24, 2.45) is 0 Å². The van der Waals surface area contributed by atoms with E-state index in [0.717, 1.165) is 11.0 Å². The number of pyridine rings is 1. The summed E-state index contributed by atoms with van der Waals surface area (Å²) in [5.41, 5.74) is -3.24. The maximum absolute atomic E-state index is 13.2. The van der Waals surface area contributed by atoms with E-state index in [9.17, 15) is 31.1 Å². The molecule has 0 N–H and O–H groups in total. The Kier molecular flexibility index (Phi) is 7.17. The number of hydrogen-bond donors (Lipinski definition) is 0. The molecule has 7 nitrogen and oxygen atoms in total. The van der Waals surface area contributed by atoms with Gasteiger partial charge in [-0.1, -0.05) is 0 Å². The fourth-order valence-corrected chi connectivity index (χ4v) is 2.87. The van der Waals surface area contributed by atoms with Gasteiger partial charge < -0.3 is 9.47 Å². The molecule has 186 valence electrons. The van der Waals surface area contributed by atoms with Gasteiger partial charge in [-0.05, 0) is 38.1 Å². The first-order chi connectivity index (χ1) is 16.3. The lowest BCUT2D eigenvalue weighted by atomic mass is 10.0. The first-order valence-corrected chi connectivity index (χ1v) is 9.92. The molecular weight excluding hydrogens is 482 g/mol. The summed E-state index contributed by atoms with van der Waals surface area (Å²) in [6.07, 6.45) is -6.99. The Labute approximate surface area is 195 Å². The molecule has 0 bridgehead atoms. The largest absolute Gasteiger partial charge is 0.481 e. The third-order valence-electron chi connectivity index (χ3n) is 4.43. The zero-order chi connectivity index (χ0) is 26.0. The van der Waals surface area contributed by atoms with Crippen LogP contribution in [0.3, 0.4) is 0 Å². The minimum atomic E-state index is -5.02. The van der Waals surface area contributed by atoms with Crippen LogP contribution in [0, 0.1) is 0 Å². The number of methoxy groups -OCH3 is 1. The van der Waals surface area contributed by atoms with Crippen molar-refractivity contribution >= 4 is 17.7 Å². The number of halogens is 6. The highest BCUT2D eigenvalue weighted by Gasteiger charge is 2.37. The molecular formula is C22H18F6N4O3. The summed E-state index contributed by atoms with van der Waals surface area (Å²) in [4.78, 5) is 20.5. The Bertz CT molecular complexity index is 1200. The van der Waals surface area contributed by atoms with Crippen molar-refractivity contribution in [3.05, 3.63) is 59.5 Å². The molecule has 0 atom stereocenters. The van der Waals surface area contributed by atoms with Gasteiger partial charge in [-0.15, -0.1) is 5.10 Å². The molecule has 0 saturated heterocycles. The molecule has 0 unspecified atom stereocenters. The van der Waals surface area contributed by atoms with Gasteiger partial charge in [0, 0.05) is 29.6 Å². The van der Waals surface area contributed by atoms with E-state index in [1.807, 2.05) is 0 Å². The number of carbonyl (C=O) groups is 1. The number of rotatable bonds is 6. The van der Waals surface area contributed by atoms with Crippen LogP contribution in [-0.2, 0) is 21.9 Å². The average Bonchev–Trinajstić information content (AvgIpc) is 3.24. The first kappa shape index (κ1) is 25.7. The number of carbonyl (C=O) groups excluding carboxylic acids is 1. The van der Waals surface area contributed by atoms with Crippen molar-refractivity contribution in [1.82, 2.24) is 19.7 Å². The summed E-state index contributed by atoms with van der Waals surface area (Å²) in [6.45, 7) is 3.25. The molecule has 0 amide bonds. The van der Waals surface area contributed by atoms with E-state index in [1.165, 1.54) is 31.6 Å². The number of benzene rings is 1. The van der Waals surface area contributed by atoms with Crippen LogP contribution in [0.5, 0.6) is 5.88 Å². The zero-order valence-corrected chi connectivity index (χ0v) is 18.5. The van der Waals surface area contributed by atoms with Crippen molar-refractivity contribution in [2.45, 2.75) is 32.3 Å². The summed E-state index contributed by atoms with van der Waals surface area (Å²) < 4.78 is 90.2. The van der Waals surface area contributed by atoms with Crippen molar-refractivity contribution in [1.29, 1.82) is 0 Å². The summed E-state index contributed by atoms with van der Waals surface area (Å²) in [7, 11) is 1.40. The minimum absolute atomic E-state index is 0.0110. The van der Waals surface area contributed by atoms with E-state index in [1.54, 1.807) is 13.8 Å². The maximum Gasteiger partial charge on any atom is 0.416 e. The van der Waals surface area contributed by atoms with E-state index in [4.69, 9.17) is 9.47 Å². The van der Waals surface area contributed by atoms with E-state index < -0.39 is 46.9 Å². The monoisotopic (exact) mass is 500 g/mol. The third kappa shape index (κ3) is 6.37. The minimum Gasteiger partial charge on any atom is -0.481 e. The van der Waals surface area contributed by atoms with Gasteiger partial charge in [0.05, 0.1) is 29.9 Å². The van der Waals surface area contributed by atoms with Crippen molar-refractivity contribution < 1.29 is 40.6 Å². The van der Waals surface area contributed by atoms with Gasteiger partial charge in [-0.25, -0.2) is 19.4 Å². The molecule has 13 heteroatoms. The zero-order valence-electron chi connectivity index (χ0n) is 18.5. The second-order valence-corrected chi connectivity index (χ2v) is 7.43. The van der Waals surface area contributed by atoms with E-state index in [2.05, 4.69) is 15.1 Å². The highest BCUT2D eigenvalue weighted by Crippen LogP contribution is 2.38. The summed E-state index contributed by atoms with van der Waals surface area (Å²) >= 11 is 0. The van der Waals surface area contributed by atoms with Gasteiger partial charge in [0.25, 0.3) is 0 Å². The van der Waals surface area contributed by atoms with Crippen LogP contribution in [0.2, 0.25) is 0 Å². The quantitative estimate of drug-likeness (QED) is 0.259. The molecule has 0 aliphatic rings. The standard InChI is InChI=1S/C22H18F6N4O3/c1-12(2)35-20(33)17(13-4-5-18(34-3)29-9-13)10-32-11-30-19(31-32)14-6-15(21(23,24)25)8-16(7-14)22(26,27)28/h4-12H,1-3H3/b17-10+. The molecule has 1 aromatic carbocycles. The molecule has 2 heterocycles. The van der Waals surface area contributed by atoms with E-state index >= 15 is 0 Å². The predicted octanol–water partition coefficient (Wildman–Crippen LogP) is 5.34. The van der Waals surface area contributed by atoms with Crippen LogP contribution in [0.15, 0.2) is 42.9 Å². The lowest BCUT2D eigenvalue weighted by Crippen LogP contribution is -2.14. The summed E-state index contributed by atoms with van der Waals surface area (Å²) in [5, 5.41) is 3.93. The molecule has 0 spiro atoms. The second kappa shape index (κ2) is 9.76. The Morgan fingerprint density at radius 2 is 1.63 bits per heavy atom.